The molecule has 2 unspecified atom stereocenters. The van der Waals surface area contributed by atoms with Crippen molar-refractivity contribution in [3.8, 4) is 0 Å². The third kappa shape index (κ3) is 4.63. The Bertz CT molecular complexity index is 121. The smallest absolute Gasteiger partial charge is 0.0575 e. The summed E-state index contributed by atoms with van der Waals surface area (Å²) >= 11 is 0. The number of ether oxygens (including phenoxy) is 1. The second kappa shape index (κ2) is 6.39. The normalized spacial score (nSPS) is 25.8. The molecule has 78 valence electrons. The van der Waals surface area contributed by atoms with Crippen LogP contribution in [0.1, 0.15) is 51.9 Å². The number of rotatable bonds is 5. The first-order chi connectivity index (χ1) is 6.33. The van der Waals surface area contributed by atoms with Crippen LogP contribution in [0.4, 0.5) is 0 Å². The van der Waals surface area contributed by atoms with Crippen LogP contribution in [0.15, 0.2) is 0 Å². The van der Waals surface area contributed by atoms with Crippen LogP contribution in [0.25, 0.3) is 0 Å². The van der Waals surface area contributed by atoms with Gasteiger partial charge in [0.05, 0.1) is 6.10 Å². The fraction of sp³-hybridized carbons (Fsp3) is 1.00. The van der Waals surface area contributed by atoms with E-state index in [1.54, 1.807) is 0 Å². The van der Waals surface area contributed by atoms with E-state index in [9.17, 15) is 0 Å². The highest BCUT2D eigenvalue weighted by Gasteiger charge is 2.14. The summed E-state index contributed by atoms with van der Waals surface area (Å²) in [4.78, 5) is 0. The van der Waals surface area contributed by atoms with Crippen molar-refractivity contribution in [1.82, 2.24) is 0 Å². The topological polar surface area (TPSA) is 35.2 Å². The summed E-state index contributed by atoms with van der Waals surface area (Å²) in [5.74, 6) is 0. The van der Waals surface area contributed by atoms with Crippen LogP contribution in [0.5, 0.6) is 0 Å². The lowest BCUT2D eigenvalue weighted by Crippen LogP contribution is -2.25. The Labute approximate surface area is 81.8 Å². The minimum absolute atomic E-state index is 0.399. The van der Waals surface area contributed by atoms with Crippen LogP contribution >= 0.6 is 0 Å². The van der Waals surface area contributed by atoms with Crippen molar-refractivity contribution < 1.29 is 4.74 Å². The molecule has 2 N–H and O–H groups in total. The summed E-state index contributed by atoms with van der Waals surface area (Å²) in [6.45, 7) is 3.16. The molecule has 1 rings (SSSR count). The second-order valence-corrected chi connectivity index (χ2v) is 4.11. The molecule has 0 amide bonds. The highest BCUT2D eigenvalue weighted by Crippen LogP contribution is 2.18. The van der Waals surface area contributed by atoms with Crippen molar-refractivity contribution in [2.45, 2.75) is 64.0 Å². The van der Waals surface area contributed by atoms with E-state index in [4.69, 9.17) is 10.5 Å². The molecule has 2 nitrogen and oxygen atoms in total. The molecule has 0 radical (unpaired) electrons. The lowest BCUT2D eigenvalue weighted by molar-refractivity contribution is 0.00903. The van der Waals surface area contributed by atoms with Gasteiger partial charge in [-0.15, -0.1) is 0 Å². The first-order valence-electron chi connectivity index (χ1n) is 5.70. The predicted molar refractivity (Wildman–Crippen MR) is 55.7 cm³/mol. The highest BCUT2D eigenvalue weighted by molar-refractivity contribution is 4.68. The van der Waals surface area contributed by atoms with Crippen LogP contribution in [0.2, 0.25) is 0 Å². The van der Waals surface area contributed by atoms with Crippen molar-refractivity contribution in [3.63, 3.8) is 0 Å². The summed E-state index contributed by atoms with van der Waals surface area (Å²) in [5, 5.41) is 0. The molecule has 1 heterocycles. The number of nitrogens with two attached hydrogens (primary N) is 1. The van der Waals surface area contributed by atoms with Gasteiger partial charge in [0.2, 0.25) is 0 Å². The molecule has 1 aliphatic heterocycles. The van der Waals surface area contributed by atoms with Gasteiger partial charge >= 0.3 is 0 Å². The minimum atomic E-state index is 0.399. The summed E-state index contributed by atoms with van der Waals surface area (Å²) < 4.78 is 5.65. The molecular weight excluding hydrogens is 162 g/mol. The molecule has 0 aliphatic carbocycles. The SMILES string of the molecule is CCCC(N)CCC1CCCCO1. The Morgan fingerprint density at radius 1 is 1.38 bits per heavy atom. The Hall–Kier alpha value is -0.0800. The van der Waals surface area contributed by atoms with Crippen molar-refractivity contribution in [3.05, 3.63) is 0 Å². The molecule has 13 heavy (non-hydrogen) atoms. The van der Waals surface area contributed by atoms with Crippen molar-refractivity contribution in [2.24, 2.45) is 5.73 Å². The maximum absolute atomic E-state index is 5.95. The lowest BCUT2D eigenvalue weighted by Gasteiger charge is -2.23. The highest BCUT2D eigenvalue weighted by atomic mass is 16.5. The quantitative estimate of drug-likeness (QED) is 0.714. The van der Waals surface area contributed by atoms with Gasteiger partial charge in [0.15, 0.2) is 0 Å². The van der Waals surface area contributed by atoms with Crippen molar-refractivity contribution in [2.75, 3.05) is 6.61 Å². The summed E-state index contributed by atoms with van der Waals surface area (Å²) in [7, 11) is 0. The zero-order valence-electron chi connectivity index (χ0n) is 8.80. The van der Waals surface area contributed by atoms with E-state index in [2.05, 4.69) is 6.92 Å². The number of hydrogen-bond donors (Lipinski definition) is 1. The van der Waals surface area contributed by atoms with Gasteiger partial charge in [-0.1, -0.05) is 13.3 Å². The Morgan fingerprint density at radius 3 is 2.85 bits per heavy atom. The fourth-order valence-corrected chi connectivity index (χ4v) is 1.95. The average molecular weight is 185 g/mol. The maximum Gasteiger partial charge on any atom is 0.0575 e. The van der Waals surface area contributed by atoms with E-state index in [0.717, 1.165) is 19.4 Å². The lowest BCUT2D eigenvalue weighted by atomic mass is 10.00. The molecular formula is C11H23NO. The molecule has 1 fully saturated rings. The largest absolute Gasteiger partial charge is 0.378 e. The summed E-state index contributed by atoms with van der Waals surface area (Å²) in [5.41, 5.74) is 5.95. The van der Waals surface area contributed by atoms with Gasteiger partial charge < -0.3 is 10.5 Å². The van der Waals surface area contributed by atoms with E-state index in [0.29, 0.717) is 12.1 Å². The van der Waals surface area contributed by atoms with Gasteiger partial charge in [-0.3, -0.25) is 0 Å². The van der Waals surface area contributed by atoms with E-state index < -0.39 is 0 Å². The molecule has 0 saturated carbocycles. The molecule has 1 aliphatic rings. The van der Waals surface area contributed by atoms with Crippen LogP contribution < -0.4 is 5.73 Å². The zero-order valence-corrected chi connectivity index (χ0v) is 8.80. The van der Waals surface area contributed by atoms with Gasteiger partial charge in [-0.25, -0.2) is 0 Å². The summed E-state index contributed by atoms with van der Waals surface area (Å²) in [6, 6.07) is 0.399. The van der Waals surface area contributed by atoms with Crippen LogP contribution in [-0.2, 0) is 4.74 Å². The van der Waals surface area contributed by atoms with Crippen LogP contribution in [0.3, 0.4) is 0 Å². The Morgan fingerprint density at radius 2 is 2.23 bits per heavy atom. The van der Waals surface area contributed by atoms with Crippen molar-refractivity contribution in [1.29, 1.82) is 0 Å². The predicted octanol–water partition coefficient (Wildman–Crippen LogP) is 2.46. The van der Waals surface area contributed by atoms with Gasteiger partial charge in [0, 0.05) is 12.6 Å². The third-order valence-corrected chi connectivity index (χ3v) is 2.79. The van der Waals surface area contributed by atoms with Gasteiger partial charge in [0.1, 0.15) is 0 Å². The van der Waals surface area contributed by atoms with Crippen LogP contribution in [-0.4, -0.2) is 18.8 Å². The van der Waals surface area contributed by atoms with Gasteiger partial charge in [0.25, 0.3) is 0 Å². The van der Waals surface area contributed by atoms with E-state index in [-0.39, 0.29) is 0 Å². The third-order valence-electron chi connectivity index (χ3n) is 2.79. The van der Waals surface area contributed by atoms with E-state index in [1.165, 1.54) is 32.1 Å². The van der Waals surface area contributed by atoms with Crippen molar-refractivity contribution >= 4 is 0 Å². The summed E-state index contributed by atoms with van der Waals surface area (Å²) in [6.07, 6.45) is 9.01. The average Bonchev–Trinajstić information content (AvgIpc) is 2.17. The standard InChI is InChI=1S/C11H23NO/c1-2-5-10(12)7-8-11-6-3-4-9-13-11/h10-11H,2-9,12H2,1H3. The van der Waals surface area contributed by atoms with Gasteiger partial charge in [-0.05, 0) is 38.5 Å². The molecule has 2 atom stereocenters. The van der Waals surface area contributed by atoms with E-state index >= 15 is 0 Å². The first kappa shape index (κ1) is 11.0. The molecule has 1 saturated heterocycles. The second-order valence-electron chi connectivity index (χ2n) is 4.11. The molecule has 0 aromatic rings. The maximum atomic E-state index is 5.95. The van der Waals surface area contributed by atoms with Crippen LogP contribution in [0, 0.1) is 0 Å². The molecule has 0 bridgehead atoms. The van der Waals surface area contributed by atoms with E-state index in [1.807, 2.05) is 0 Å². The van der Waals surface area contributed by atoms with Gasteiger partial charge in [-0.2, -0.15) is 0 Å². The Kier molecular flexibility index (Phi) is 5.40. The minimum Gasteiger partial charge on any atom is -0.378 e. The zero-order chi connectivity index (χ0) is 9.52. The number of hydrogen-bond acceptors (Lipinski definition) is 2. The monoisotopic (exact) mass is 185 g/mol. The molecule has 0 aromatic heterocycles. The molecule has 0 aromatic carbocycles. The Balaban J connectivity index is 2.03. The fourth-order valence-electron chi connectivity index (χ4n) is 1.95. The molecule has 0 spiro atoms. The first-order valence-corrected chi connectivity index (χ1v) is 5.70. The molecule has 2 heteroatoms.